The van der Waals surface area contributed by atoms with E-state index in [-0.39, 0.29) is 18.1 Å². The van der Waals surface area contributed by atoms with Crippen molar-refractivity contribution in [3.63, 3.8) is 0 Å². The average molecular weight is 319 g/mol. The fourth-order valence-electron chi connectivity index (χ4n) is 1.68. The lowest BCUT2D eigenvalue weighted by Gasteiger charge is -2.08. The van der Waals surface area contributed by atoms with Gasteiger partial charge < -0.3 is 0 Å². The second-order valence-electron chi connectivity index (χ2n) is 3.77. The minimum atomic E-state index is -2.58. The number of rotatable bonds is 4. The number of alkyl halides is 3. The van der Waals surface area contributed by atoms with Gasteiger partial charge in [-0.1, -0.05) is 28.1 Å². The fourth-order valence-corrected chi connectivity index (χ4v) is 2.11. The van der Waals surface area contributed by atoms with Crippen LogP contribution in [0.5, 0.6) is 0 Å². The summed E-state index contributed by atoms with van der Waals surface area (Å²) in [4.78, 5) is 0. The number of hydrogen-bond donors (Lipinski definition) is 0. The molecule has 0 saturated carbocycles. The molecule has 0 saturated heterocycles. The van der Waals surface area contributed by atoms with E-state index in [1.807, 2.05) is 0 Å². The fraction of sp³-hybridized carbons (Fsp3) is 0.250. The van der Waals surface area contributed by atoms with Gasteiger partial charge in [0.1, 0.15) is 11.5 Å². The zero-order chi connectivity index (χ0) is 13.1. The van der Waals surface area contributed by atoms with E-state index in [9.17, 15) is 13.2 Å². The second kappa shape index (κ2) is 5.56. The molecule has 0 fully saturated rings. The van der Waals surface area contributed by atoms with Crippen molar-refractivity contribution >= 4 is 15.9 Å². The van der Waals surface area contributed by atoms with Gasteiger partial charge in [-0.2, -0.15) is 5.10 Å². The predicted molar refractivity (Wildman–Crippen MR) is 65.3 cm³/mol. The standard InChI is InChI=1S/C12H10BrF3N2/c13-5-9-6-17-18(11(9)12(15)16)7-8-1-3-10(14)4-2-8/h1-4,6,12H,5,7H2. The van der Waals surface area contributed by atoms with Crippen molar-refractivity contribution in [2.45, 2.75) is 18.3 Å². The first-order valence-corrected chi connectivity index (χ1v) is 6.37. The van der Waals surface area contributed by atoms with Crippen LogP contribution in [0.15, 0.2) is 30.5 Å². The van der Waals surface area contributed by atoms with Crippen molar-refractivity contribution in [2.75, 3.05) is 0 Å². The Bertz CT molecular complexity index is 523. The van der Waals surface area contributed by atoms with Gasteiger partial charge in [-0.05, 0) is 17.7 Å². The van der Waals surface area contributed by atoms with Crippen LogP contribution in [0.4, 0.5) is 13.2 Å². The number of hydrogen-bond acceptors (Lipinski definition) is 1. The van der Waals surface area contributed by atoms with Crippen molar-refractivity contribution in [2.24, 2.45) is 0 Å². The van der Waals surface area contributed by atoms with Gasteiger partial charge in [0.05, 0.1) is 12.7 Å². The molecule has 1 heterocycles. The predicted octanol–water partition coefficient (Wildman–Crippen LogP) is 3.90. The molecule has 1 aromatic heterocycles. The molecule has 6 heteroatoms. The van der Waals surface area contributed by atoms with E-state index in [0.717, 1.165) is 5.56 Å². The highest BCUT2D eigenvalue weighted by atomic mass is 79.9. The second-order valence-corrected chi connectivity index (χ2v) is 4.33. The minimum absolute atomic E-state index is 0.101. The van der Waals surface area contributed by atoms with Crippen LogP contribution < -0.4 is 0 Å². The largest absolute Gasteiger partial charge is 0.280 e. The van der Waals surface area contributed by atoms with Gasteiger partial charge in [0.15, 0.2) is 0 Å². The Morgan fingerprint density at radius 3 is 2.44 bits per heavy atom. The van der Waals surface area contributed by atoms with Crippen LogP contribution in [0.1, 0.15) is 23.2 Å². The first-order chi connectivity index (χ1) is 8.61. The van der Waals surface area contributed by atoms with E-state index in [0.29, 0.717) is 10.9 Å². The van der Waals surface area contributed by atoms with Crippen molar-refractivity contribution < 1.29 is 13.2 Å². The van der Waals surface area contributed by atoms with E-state index in [2.05, 4.69) is 21.0 Å². The molecule has 0 aliphatic heterocycles. The summed E-state index contributed by atoms with van der Waals surface area (Å²) in [5.41, 5.74) is 1.09. The van der Waals surface area contributed by atoms with E-state index in [4.69, 9.17) is 0 Å². The van der Waals surface area contributed by atoms with Gasteiger partial charge >= 0.3 is 0 Å². The Labute approximate surface area is 111 Å². The maximum absolute atomic E-state index is 12.9. The summed E-state index contributed by atoms with van der Waals surface area (Å²) >= 11 is 3.15. The SMILES string of the molecule is Fc1ccc(Cn2ncc(CBr)c2C(F)F)cc1. The average Bonchev–Trinajstić information content (AvgIpc) is 2.75. The molecule has 0 unspecified atom stereocenters. The molecular weight excluding hydrogens is 309 g/mol. The number of benzene rings is 1. The van der Waals surface area contributed by atoms with E-state index in [1.54, 1.807) is 12.1 Å². The van der Waals surface area contributed by atoms with Crippen LogP contribution in [0.2, 0.25) is 0 Å². The molecule has 2 aromatic rings. The summed E-state index contributed by atoms with van der Waals surface area (Å²) in [5, 5.41) is 4.27. The molecule has 0 spiro atoms. The van der Waals surface area contributed by atoms with Gasteiger partial charge in [-0.25, -0.2) is 13.2 Å². The highest BCUT2D eigenvalue weighted by molar-refractivity contribution is 9.08. The molecule has 0 bridgehead atoms. The Kier molecular flexibility index (Phi) is 4.06. The molecule has 0 N–H and O–H groups in total. The molecule has 0 radical (unpaired) electrons. The van der Waals surface area contributed by atoms with Gasteiger partial charge in [0, 0.05) is 10.9 Å². The third-order valence-corrected chi connectivity index (χ3v) is 3.16. The molecule has 96 valence electrons. The van der Waals surface area contributed by atoms with Crippen LogP contribution in [0, 0.1) is 5.82 Å². The van der Waals surface area contributed by atoms with Crippen molar-refractivity contribution in [3.8, 4) is 0 Å². The Balaban J connectivity index is 2.28. The van der Waals surface area contributed by atoms with E-state index in [1.165, 1.54) is 23.0 Å². The molecule has 18 heavy (non-hydrogen) atoms. The van der Waals surface area contributed by atoms with Crippen molar-refractivity contribution in [1.82, 2.24) is 9.78 Å². The van der Waals surface area contributed by atoms with Crippen molar-refractivity contribution in [1.29, 1.82) is 0 Å². The number of aromatic nitrogens is 2. The third-order valence-electron chi connectivity index (χ3n) is 2.56. The smallest absolute Gasteiger partial charge is 0.259 e. The summed E-state index contributed by atoms with van der Waals surface area (Å²) in [6.45, 7) is 0.201. The van der Waals surface area contributed by atoms with Crippen LogP contribution in [-0.4, -0.2) is 9.78 Å². The Hall–Kier alpha value is -1.30. The van der Waals surface area contributed by atoms with Crippen LogP contribution in [-0.2, 0) is 11.9 Å². The summed E-state index contributed by atoms with van der Waals surface area (Å²) in [6, 6.07) is 5.71. The Morgan fingerprint density at radius 1 is 1.22 bits per heavy atom. The summed E-state index contributed by atoms with van der Waals surface area (Å²) in [7, 11) is 0. The lowest BCUT2D eigenvalue weighted by molar-refractivity contribution is 0.139. The van der Waals surface area contributed by atoms with Crippen LogP contribution in [0.25, 0.3) is 0 Å². The van der Waals surface area contributed by atoms with Crippen LogP contribution >= 0.6 is 15.9 Å². The summed E-state index contributed by atoms with van der Waals surface area (Å²) in [6.07, 6.45) is -1.17. The molecule has 0 aliphatic rings. The van der Waals surface area contributed by atoms with E-state index < -0.39 is 6.43 Å². The molecule has 2 nitrogen and oxygen atoms in total. The maximum Gasteiger partial charge on any atom is 0.280 e. The van der Waals surface area contributed by atoms with Gasteiger partial charge in [0.2, 0.25) is 0 Å². The molecule has 1 aromatic carbocycles. The quantitative estimate of drug-likeness (QED) is 0.782. The highest BCUT2D eigenvalue weighted by Crippen LogP contribution is 2.25. The normalized spacial score (nSPS) is 11.2. The van der Waals surface area contributed by atoms with Gasteiger partial charge in [-0.15, -0.1) is 0 Å². The molecule has 0 aliphatic carbocycles. The van der Waals surface area contributed by atoms with Gasteiger partial charge in [-0.3, -0.25) is 4.68 Å². The van der Waals surface area contributed by atoms with Crippen molar-refractivity contribution in [3.05, 3.63) is 53.1 Å². The molecular formula is C12H10BrF3N2. The molecule has 0 atom stereocenters. The molecule has 0 amide bonds. The first kappa shape index (κ1) is 13.1. The monoisotopic (exact) mass is 318 g/mol. The maximum atomic E-state index is 12.9. The number of halogens is 4. The van der Waals surface area contributed by atoms with Crippen LogP contribution in [0.3, 0.4) is 0 Å². The van der Waals surface area contributed by atoms with E-state index >= 15 is 0 Å². The third kappa shape index (κ3) is 2.75. The number of nitrogens with zero attached hydrogens (tertiary/aromatic N) is 2. The highest BCUT2D eigenvalue weighted by Gasteiger charge is 2.19. The Morgan fingerprint density at radius 2 is 1.89 bits per heavy atom. The minimum Gasteiger partial charge on any atom is -0.259 e. The summed E-state index contributed by atoms with van der Waals surface area (Å²) in [5.74, 6) is -0.352. The first-order valence-electron chi connectivity index (χ1n) is 5.25. The topological polar surface area (TPSA) is 17.8 Å². The zero-order valence-electron chi connectivity index (χ0n) is 9.28. The summed E-state index contributed by atoms with van der Waals surface area (Å²) < 4.78 is 39.9. The lowest BCUT2D eigenvalue weighted by Crippen LogP contribution is -2.07. The van der Waals surface area contributed by atoms with Gasteiger partial charge in [0.25, 0.3) is 6.43 Å². The molecule has 2 rings (SSSR count). The lowest BCUT2D eigenvalue weighted by atomic mass is 10.2. The zero-order valence-corrected chi connectivity index (χ0v) is 10.9.